The van der Waals surface area contributed by atoms with Gasteiger partial charge in [-0.25, -0.2) is 9.79 Å². The summed E-state index contributed by atoms with van der Waals surface area (Å²) in [5.41, 5.74) is 4.27. The van der Waals surface area contributed by atoms with Crippen LogP contribution in [0.25, 0.3) is 5.70 Å². The van der Waals surface area contributed by atoms with E-state index in [9.17, 15) is 4.79 Å². The fourth-order valence-corrected chi connectivity index (χ4v) is 4.45. The summed E-state index contributed by atoms with van der Waals surface area (Å²) in [5, 5.41) is 2.93. The zero-order valence-corrected chi connectivity index (χ0v) is 16.7. The van der Waals surface area contributed by atoms with E-state index in [4.69, 9.17) is 9.47 Å². The summed E-state index contributed by atoms with van der Waals surface area (Å²) in [5.74, 6) is 0.397. The van der Waals surface area contributed by atoms with Gasteiger partial charge in [0.15, 0.2) is 5.17 Å². The van der Waals surface area contributed by atoms with Crippen molar-refractivity contribution in [2.24, 2.45) is 4.99 Å². The molecule has 2 aromatic carbocycles. The van der Waals surface area contributed by atoms with Gasteiger partial charge in [-0.2, -0.15) is 0 Å². The zero-order chi connectivity index (χ0) is 19.7. The van der Waals surface area contributed by atoms with E-state index < -0.39 is 0 Å². The Balaban J connectivity index is 1.86. The molecule has 1 atom stereocenters. The number of amidine groups is 1. The highest BCUT2D eigenvalue weighted by Gasteiger charge is 2.40. The minimum absolute atomic E-state index is 0.327. The third-order valence-electron chi connectivity index (χ3n) is 4.83. The molecule has 2 aromatic rings. The first-order valence-corrected chi connectivity index (χ1v) is 9.75. The van der Waals surface area contributed by atoms with Crippen molar-refractivity contribution in [3.63, 3.8) is 0 Å². The lowest BCUT2D eigenvalue weighted by Crippen LogP contribution is -2.36. The number of rotatable bonds is 4. The predicted octanol–water partition coefficient (Wildman–Crippen LogP) is 4.60. The second-order valence-electron chi connectivity index (χ2n) is 6.42. The molecule has 0 aromatic heterocycles. The normalized spacial score (nSPS) is 18.4. The molecule has 4 rings (SSSR count). The number of aliphatic imine (C=N–C) groups is 1. The monoisotopic (exact) mass is 392 g/mol. The molecule has 2 aliphatic rings. The summed E-state index contributed by atoms with van der Waals surface area (Å²) in [4.78, 5) is 19.5. The molecule has 1 unspecified atom stereocenters. The van der Waals surface area contributed by atoms with E-state index >= 15 is 0 Å². The van der Waals surface area contributed by atoms with Crippen molar-refractivity contribution in [3.05, 3.63) is 82.4 Å². The molecule has 0 radical (unpaired) electrons. The number of thioether (sulfide) groups is 1. The molecule has 0 aliphatic carbocycles. The largest absolute Gasteiger partial charge is 0.497 e. The number of nitrogens with zero attached hydrogens (tertiary/aromatic N) is 2. The van der Waals surface area contributed by atoms with Crippen LogP contribution in [0.15, 0.2) is 76.3 Å². The highest BCUT2D eigenvalue weighted by atomic mass is 32.2. The average Bonchev–Trinajstić information content (AvgIpc) is 3.16. The Morgan fingerprint density at radius 3 is 2.43 bits per heavy atom. The zero-order valence-electron chi connectivity index (χ0n) is 15.9. The van der Waals surface area contributed by atoms with Gasteiger partial charge in [0, 0.05) is 5.41 Å². The van der Waals surface area contributed by atoms with Crippen molar-refractivity contribution < 1.29 is 14.3 Å². The number of methoxy groups -OCH3 is 2. The van der Waals surface area contributed by atoms with Crippen LogP contribution in [0.3, 0.4) is 0 Å². The van der Waals surface area contributed by atoms with Crippen LogP contribution in [0.4, 0.5) is 0 Å². The topological polar surface area (TPSA) is 51.1 Å². The highest BCUT2D eigenvalue weighted by Crippen LogP contribution is 2.46. The molecule has 0 bridgehead atoms. The first-order valence-electron chi connectivity index (χ1n) is 8.87. The molecule has 0 fully saturated rings. The number of fused-ring (bicyclic) bond motifs is 1. The molecule has 2 heterocycles. The molecular weight excluding hydrogens is 372 g/mol. The summed E-state index contributed by atoms with van der Waals surface area (Å²) < 4.78 is 10.4. The third-order valence-corrected chi connectivity index (χ3v) is 5.67. The summed E-state index contributed by atoms with van der Waals surface area (Å²) in [6.07, 6.45) is 0. The smallest absolute Gasteiger partial charge is 0.338 e. The molecule has 142 valence electrons. The Morgan fingerprint density at radius 2 is 1.79 bits per heavy atom. The lowest BCUT2D eigenvalue weighted by molar-refractivity contribution is -0.136. The van der Waals surface area contributed by atoms with E-state index in [1.807, 2.05) is 49.4 Å². The molecular formula is C22H20N2O3S. The molecule has 0 N–H and O–H groups in total. The average molecular weight is 392 g/mol. The fraction of sp³-hybridized carbons (Fsp3) is 0.182. The number of benzene rings is 2. The van der Waals surface area contributed by atoms with Gasteiger partial charge in [0.1, 0.15) is 5.75 Å². The standard InChI is InChI=1S/C22H20N2O3S/c1-14-19(21(25)27-3)20(16-9-11-17(26-2)12-10-16)24-18(13-28-22(24)23-14)15-7-5-4-6-8-15/h4-13,20H,1-3H3. The number of ether oxygens (including phenoxy) is 2. The van der Waals surface area contributed by atoms with E-state index in [0.717, 1.165) is 27.7 Å². The quantitative estimate of drug-likeness (QED) is 0.712. The molecule has 28 heavy (non-hydrogen) atoms. The van der Waals surface area contributed by atoms with Gasteiger partial charge >= 0.3 is 5.97 Å². The van der Waals surface area contributed by atoms with Crippen LogP contribution in [0, 0.1) is 0 Å². The maximum atomic E-state index is 12.7. The minimum Gasteiger partial charge on any atom is -0.497 e. The van der Waals surface area contributed by atoms with Gasteiger partial charge in [-0.3, -0.25) is 0 Å². The van der Waals surface area contributed by atoms with Crippen molar-refractivity contribution >= 4 is 28.6 Å². The van der Waals surface area contributed by atoms with Crippen LogP contribution < -0.4 is 4.74 Å². The summed E-state index contributed by atoms with van der Waals surface area (Å²) in [6.45, 7) is 1.86. The van der Waals surface area contributed by atoms with Crippen molar-refractivity contribution in [1.29, 1.82) is 0 Å². The Kier molecular flexibility index (Phi) is 4.96. The minimum atomic E-state index is -0.370. The van der Waals surface area contributed by atoms with E-state index in [2.05, 4.69) is 27.4 Å². The lowest BCUT2D eigenvalue weighted by atomic mass is 9.93. The van der Waals surface area contributed by atoms with Gasteiger partial charge in [0.25, 0.3) is 0 Å². The molecule has 5 nitrogen and oxygen atoms in total. The van der Waals surface area contributed by atoms with Gasteiger partial charge in [-0.05, 0) is 30.2 Å². The van der Waals surface area contributed by atoms with Gasteiger partial charge < -0.3 is 14.4 Å². The lowest BCUT2D eigenvalue weighted by Gasteiger charge is -2.36. The van der Waals surface area contributed by atoms with Crippen LogP contribution in [0.2, 0.25) is 0 Å². The maximum absolute atomic E-state index is 12.7. The van der Waals surface area contributed by atoms with Crippen LogP contribution in [-0.4, -0.2) is 30.3 Å². The second kappa shape index (κ2) is 7.56. The van der Waals surface area contributed by atoms with Gasteiger partial charge in [-0.15, -0.1) is 0 Å². The number of hydrogen-bond acceptors (Lipinski definition) is 6. The Morgan fingerprint density at radius 1 is 1.07 bits per heavy atom. The van der Waals surface area contributed by atoms with E-state index in [1.165, 1.54) is 7.11 Å². The Labute approximate surface area is 168 Å². The van der Waals surface area contributed by atoms with Gasteiger partial charge in [0.05, 0.1) is 37.2 Å². The summed E-state index contributed by atoms with van der Waals surface area (Å²) in [7, 11) is 3.04. The van der Waals surface area contributed by atoms with Crippen LogP contribution in [0.1, 0.15) is 24.1 Å². The van der Waals surface area contributed by atoms with Gasteiger partial charge in [0.2, 0.25) is 0 Å². The number of hydrogen-bond donors (Lipinski definition) is 0. The number of carbonyl (C=O) groups excluding carboxylic acids is 1. The van der Waals surface area contributed by atoms with Crippen molar-refractivity contribution in [2.75, 3.05) is 14.2 Å². The van der Waals surface area contributed by atoms with Crippen molar-refractivity contribution in [2.45, 2.75) is 13.0 Å². The van der Waals surface area contributed by atoms with Crippen LogP contribution in [0.5, 0.6) is 5.75 Å². The first kappa shape index (κ1) is 18.4. The Hall–Kier alpha value is -2.99. The van der Waals surface area contributed by atoms with Crippen molar-refractivity contribution in [1.82, 2.24) is 4.90 Å². The molecule has 0 saturated carbocycles. The number of carbonyl (C=O) groups is 1. The predicted molar refractivity (Wildman–Crippen MR) is 112 cm³/mol. The molecule has 2 aliphatic heterocycles. The molecule has 6 heteroatoms. The molecule has 0 amide bonds. The number of esters is 1. The summed E-state index contributed by atoms with van der Waals surface area (Å²) >= 11 is 1.56. The number of allylic oxidation sites excluding steroid dienone is 1. The van der Waals surface area contributed by atoms with Crippen LogP contribution in [-0.2, 0) is 9.53 Å². The SMILES string of the molecule is COC(=O)C1=C(C)N=C2SC=C(c3ccccc3)N2C1c1ccc(OC)cc1. The summed E-state index contributed by atoms with van der Waals surface area (Å²) in [6, 6.07) is 17.6. The van der Waals surface area contributed by atoms with Gasteiger partial charge in [-0.1, -0.05) is 54.2 Å². The van der Waals surface area contributed by atoms with Crippen molar-refractivity contribution in [3.8, 4) is 5.75 Å². The third kappa shape index (κ3) is 3.10. The highest BCUT2D eigenvalue weighted by molar-refractivity contribution is 8.16. The van der Waals surface area contributed by atoms with E-state index in [-0.39, 0.29) is 12.0 Å². The van der Waals surface area contributed by atoms with Crippen LogP contribution >= 0.6 is 11.8 Å². The van der Waals surface area contributed by atoms with E-state index in [0.29, 0.717) is 11.3 Å². The van der Waals surface area contributed by atoms with E-state index in [1.54, 1.807) is 18.9 Å². The maximum Gasteiger partial charge on any atom is 0.338 e. The Bertz CT molecular complexity index is 994. The second-order valence-corrected chi connectivity index (χ2v) is 7.25. The molecule has 0 spiro atoms. The first-order chi connectivity index (χ1) is 13.6. The fourth-order valence-electron chi connectivity index (χ4n) is 3.47. The molecule has 0 saturated heterocycles.